The SMILES string of the molecule is COc1ccc(OC)c(NC(=O)[C@@H]2CCCN2C(=O)NC2CCCCC2)c1. The van der Waals surface area contributed by atoms with Gasteiger partial charge in [0, 0.05) is 18.7 Å². The number of likely N-dealkylation sites (tertiary alicyclic amines) is 1. The number of amides is 3. The van der Waals surface area contributed by atoms with Crippen LogP contribution in [0.25, 0.3) is 0 Å². The molecule has 2 N–H and O–H groups in total. The van der Waals surface area contributed by atoms with Crippen molar-refractivity contribution in [2.24, 2.45) is 0 Å². The van der Waals surface area contributed by atoms with E-state index in [1.54, 1.807) is 37.3 Å². The van der Waals surface area contributed by atoms with Gasteiger partial charge in [-0.1, -0.05) is 19.3 Å². The molecule has 1 aromatic carbocycles. The maximum Gasteiger partial charge on any atom is 0.318 e. The summed E-state index contributed by atoms with van der Waals surface area (Å²) < 4.78 is 10.5. The lowest BCUT2D eigenvalue weighted by atomic mass is 9.96. The van der Waals surface area contributed by atoms with E-state index in [-0.39, 0.29) is 18.0 Å². The molecule has 1 aromatic rings. The predicted molar refractivity (Wildman–Crippen MR) is 103 cm³/mol. The fraction of sp³-hybridized carbons (Fsp3) is 0.600. The molecule has 3 rings (SSSR count). The molecular formula is C20H29N3O4. The fourth-order valence-electron chi connectivity index (χ4n) is 3.91. The highest BCUT2D eigenvalue weighted by molar-refractivity contribution is 5.98. The molecule has 1 saturated carbocycles. The Balaban J connectivity index is 1.65. The number of nitrogens with one attached hydrogen (secondary N) is 2. The molecule has 0 unspecified atom stereocenters. The average molecular weight is 375 g/mol. The van der Waals surface area contributed by atoms with Crippen molar-refractivity contribution in [2.75, 3.05) is 26.1 Å². The van der Waals surface area contributed by atoms with E-state index in [9.17, 15) is 9.59 Å². The second kappa shape index (κ2) is 8.97. The second-order valence-corrected chi connectivity index (χ2v) is 7.19. The molecule has 7 heteroatoms. The van der Waals surface area contributed by atoms with Crippen molar-refractivity contribution in [1.29, 1.82) is 0 Å². The zero-order chi connectivity index (χ0) is 19.2. The Morgan fingerprint density at radius 3 is 2.52 bits per heavy atom. The summed E-state index contributed by atoms with van der Waals surface area (Å²) in [5.41, 5.74) is 0.543. The van der Waals surface area contributed by atoms with Gasteiger partial charge >= 0.3 is 6.03 Å². The van der Waals surface area contributed by atoms with Crippen LogP contribution in [0.5, 0.6) is 11.5 Å². The molecule has 1 aliphatic heterocycles. The number of rotatable bonds is 5. The summed E-state index contributed by atoms with van der Waals surface area (Å²) in [7, 11) is 3.12. The monoisotopic (exact) mass is 375 g/mol. The van der Waals surface area contributed by atoms with Gasteiger partial charge < -0.3 is 25.0 Å². The molecule has 0 aromatic heterocycles. The van der Waals surface area contributed by atoms with E-state index in [0.29, 0.717) is 30.2 Å². The molecule has 1 atom stereocenters. The topological polar surface area (TPSA) is 79.9 Å². The number of methoxy groups -OCH3 is 2. The van der Waals surface area contributed by atoms with Gasteiger partial charge in [0.2, 0.25) is 5.91 Å². The van der Waals surface area contributed by atoms with Crippen LogP contribution >= 0.6 is 0 Å². The Labute approximate surface area is 160 Å². The van der Waals surface area contributed by atoms with Crippen molar-refractivity contribution >= 4 is 17.6 Å². The molecule has 148 valence electrons. The Morgan fingerprint density at radius 2 is 1.81 bits per heavy atom. The van der Waals surface area contributed by atoms with Crippen molar-refractivity contribution in [3.63, 3.8) is 0 Å². The molecule has 1 aliphatic carbocycles. The van der Waals surface area contributed by atoms with Gasteiger partial charge in [0.1, 0.15) is 17.5 Å². The van der Waals surface area contributed by atoms with Gasteiger partial charge in [-0.25, -0.2) is 4.79 Å². The van der Waals surface area contributed by atoms with Crippen LogP contribution in [0.2, 0.25) is 0 Å². The smallest absolute Gasteiger partial charge is 0.318 e. The lowest BCUT2D eigenvalue weighted by Gasteiger charge is -2.29. The number of nitrogens with zero attached hydrogens (tertiary/aromatic N) is 1. The van der Waals surface area contributed by atoms with Crippen molar-refractivity contribution in [1.82, 2.24) is 10.2 Å². The molecule has 3 amide bonds. The van der Waals surface area contributed by atoms with Crippen LogP contribution in [0.4, 0.5) is 10.5 Å². The summed E-state index contributed by atoms with van der Waals surface area (Å²) >= 11 is 0. The van der Waals surface area contributed by atoms with Gasteiger partial charge in [-0.2, -0.15) is 0 Å². The molecule has 27 heavy (non-hydrogen) atoms. The number of benzene rings is 1. The molecule has 1 saturated heterocycles. The summed E-state index contributed by atoms with van der Waals surface area (Å²) in [4.78, 5) is 27.2. The molecule has 1 heterocycles. The van der Waals surface area contributed by atoms with E-state index < -0.39 is 6.04 Å². The molecule has 7 nitrogen and oxygen atoms in total. The summed E-state index contributed by atoms with van der Waals surface area (Å²) in [6, 6.07) is 4.87. The Kier molecular flexibility index (Phi) is 6.42. The molecule has 2 fully saturated rings. The minimum absolute atomic E-state index is 0.128. The maximum absolute atomic E-state index is 12.9. The van der Waals surface area contributed by atoms with Crippen LogP contribution in [0, 0.1) is 0 Å². The Bertz CT molecular complexity index is 673. The number of carbonyl (C=O) groups excluding carboxylic acids is 2. The molecular weight excluding hydrogens is 346 g/mol. The van der Waals surface area contributed by atoms with E-state index in [1.165, 1.54) is 6.42 Å². The molecule has 0 radical (unpaired) electrons. The van der Waals surface area contributed by atoms with Crippen molar-refractivity contribution in [3.05, 3.63) is 18.2 Å². The van der Waals surface area contributed by atoms with Crippen molar-refractivity contribution in [2.45, 2.75) is 57.0 Å². The second-order valence-electron chi connectivity index (χ2n) is 7.19. The lowest BCUT2D eigenvalue weighted by Crippen LogP contribution is -2.50. The van der Waals surface area contributed by atoms with Gasteiger partial charge in [-0.05, 0) is 37.8 Å². The number of ether oxygens (including phenoxy) is 2. The predicted octanol–water partition coefficient (Wildman–Crippen LogP) is 3.15. The van der Waals surface area contributed by atoms with Gasteiger partial charge in [-0.3, -0.25) is 4.79 Å². The van der Waals surface area contributed by atoms with Crippen LogP contribution < -0.4 is 20.1 Å². The van der Waals surface area contributed by atoms with Crippen LogP contribution in [0.15, 0.2) is 18.2 Å². The molecule has 0 spiro atoms. The van der Waals surface area contributed by atoms with Gasteiger partial charge in [0.15, 0.2) is 0 Å². The molecule has 0 bridgehead atoms. The van der Waals surface area contributed by atoms with E-state index in [0.717, 1.165) is 32.1 Å². The first kappa shape index (κ1) is 19.3. The third-order valence-electron chi connectivity index (χ3n) is 5.41. The lowest BCUT2D eigenvalue weighted by molar-refractivity contribution is -0.119. The van der Waals surface area contributed by atoms with Gasteiger partial charge in [-0.15, -0.1) is 0 Å². The highest BCUT2D eigenvalue weighted by Gasteiger charge is 2.35. The largest absolute Gasteiger partial charge is 0.497 e. The van der Waals surface area contributed by atoms with E-state index in [2.05, 4.69) is 10.6 Å². The summed E-state index contributed by atoms with van der Waals surface area (Å²) in [5.74, 6) is 0.989. The number of hydrogen-bond donors (Lipinski definition) is 2. The van der Waals surface area contributed by atoms with Crippen LogP contribution in [0.1, 0.15) is 44.9 Å². The van der Waals surface area contributed by atoms with Crippen LogP contribution in [0.3, 0.4) is 0 Å². The fourth-order valence-corrected chi connectivity index (χ4v) is 3.91. The maximum atomic E-state index is 12.9. The normalized spacial score (nSPS) is 20.2. The van der Waals surface area contributed by atoms with Crippen molar-refractivity contribution < 1.29 is 19.1 Å². The number of carbonyl (C=O) groups is 2. The first-order valence-electron chi connectivity index (χ1n) is 9.72. The van der Waals surface area contributed by atoms with E-state index in [4.69, 9.17) is 9.47 Å². The number of urea groups is 1. The highest BCUT2D eigenvalue weighted by Crippen LogP contribution is 2.30. The molecule has 2 aliphatic rings. The summed E-state index contributed by atoms with van der Waals surface area (Å²) in [5, 5.41) is 6.01. The standard InChI is InChI=1S/C20H29N3O4/c1-26-15-10-11-18(27-2)16(13-15)22-19(24)17-9-6-12-23(17)20(25)21-14-7-4-3-5-8-14/h10-11,13-14,17H,3-9,12H2,1-2H3,(H,21,25)(H,22,24)/t17-/m0/s1. The van der Waals surface area contributed by atoms with Crippen LogP contribution in [-0.4, -0.2) is 49.7 Å². The quantitative estimate of drug-likeness (QED) is 0.829. The number of hydrogen-bond acceptors (Lipinski definition) is 4. The van der Waals surface area contributed by atoms with Gasteiger partial charge in [0.25, 0.3) is 0 Å². The minimum atomic E-state index is -0.468. The Hall–Kier alpha value is -2.44. The minimum Gasteiger partial charge on any atom is -0.497 e. The zero-order valence-electron chi connectivity index (χ0n) is 16.1. The zero-order valence-corrected chi connectivity index (χ0v) is 16.1. The average Bonchev–Trinajstić information content (AvgIpc) is 3.19. The van der Waals surface area contributed by atoms with E-state index >= 15 is 0 Å². The highest BCUT2D eigenvalue weighted by atomic mass is 16.5. The van der Waals surface area contributed by atoms with Crippen LogP contribution in [-0.2, 0) is 4.79 Å². The van der Waals surface area contributed by atoms with Gasteiger partial charge in [0.05, 0.1) is 19.9 Å². The Morgan fingerprint density at radius 1 is 1.04 bits per heavy atom. The summed E-state index contributed by atoms with van der Waals surface area (Å²) in [6.45, 7) is 0.603. The first-order valence-corrected chi connectivity index (χ1v) is 9.72. The third kappa shape index (κ3) is 4.64. The third-order valence-corrected chi connectivity index (χ3v) is 5.41. The van der Waals surface area contributed by atoms with E-state index in [1.807, 2.05) is 0 Å². The number of anilines is 1. The van der Waals surface area contributed by atoms with Crippen molar-refractivity contribution in [3.8, 4) is 11.5 Å². The first-order chi connectivity index (χ1) is 13.1. The summed E-state index contributed by atoms with van der Waals surface area (Å²) in [6.07, 6.45) is 7.09.